The van der Waals surface area contributed by atoms with Gasteiger partial charge in [-0.1, -0.05) is 25.4 Å². The summed E-state index contributed by atoms with van der Waals surface area (Å²) < 4.78 is 5.58. The quantitative estimate of drug-likeness (QED) is 0.882. The molecule has 0 spiro atoms. The molecule has 1 heterocycles. The van der Waals surface area contributed by atoms with Crippen LogP contribution < -0.4 is 10.1 Å². The number of aromatic nitrogens is 2. The largest absolute Gasteiger partial charge is 0.438 e. The van der Waals surface area contributed by atoms with Crippen LogP contribution in [0.1, 0.15) is 19.5 Å². The summed E-state index contributed by atoms with van der Waals surface area (Å²) in [7, 11) is 0. The molecule has 1 N–H and O–H groups in total. The van der Waals surface area contributed by atoms with Crippen molar-refractivity contribution in [2.75, 3.05) is 6.54 Å². The second-order valence-electron chi connectivity index (χ2n) is 4.94. The fourth-order valence-electron chi connectivity index (χ4n) is 1.61. The average molecular weight is 292 g/mol. The van der Waals surface area contributed by atoms with E-state index in [0.717, 1.165) is 12.2 Å². The summed E-state index contributed by atoms with van der Waals surface area (Å²) in [4.78, 5) is 0. The first kappa shape index (κ1) is 14.8. The maximum Gasteiger partial charge on any atom is 0.238 e. The van der Waals surface area contributed by atoms with E-state index in [-0.39, 0.29) is 0 Å². The maximum absolute atomic E-state index is 5.82. The van der Waals surface area contributed by atoms with Crippen LogP contribution in [0.3, 0.4) is 0 Å². The molecule has 0 aliphatic heterocycles. The molecule has 0 bridgehead atoms. The third kappa shape index (κ3) is 4.79. The zero-order valence-electron chi connectivity index (χ0n) is 11.6. The molecule has 0 unspecified atom stereocenters. The van der Waals surface area contributed by atoms with E-state index in [9.17, 15) is 0 Å². The highest BCUT2D eigenvalue weighted by Crippen LogP contribution is 2.20. The van der Waals surface area contributed by atoms with Gasteiger partial charge in [-0.3, -0.25) is 0 Å². The molecule has 2 aromatic rings. The molecule has 2 rings (SSSR count). The minimum Gasteiger partial charge on any atom is -0.438 e. The van der Waals surface area contributed by atoms with Crippen molar-refractivity contribution in [3.05, 3.63) is 47.1 Å². The van der Waals surface area contributed by atoms with Gasteiger partial charge < -0.3 is 10.1 Å². The normalized spacial score (nSPS) is 10.8. The summed E-state index contributed by atoms with van der Waals surface area (Å²) in [5, 5.41) is 12.2. The van der Waals surface area contributed by atoms with Crippen LogP contribution in [-0.2, 0) is 6.54 Å². The van der Waals surface area contributed by atoms with Gasteiger partial charge in [0.25, 0.3) is 0 Å². The topological polar surface area (TPSA) is 47.0 Å². The Morgan fingerprint density at radius 3 is 2.45 bits per heavy atom. The molecule has 5 heteroatoms. The lowest BCUT2D eigenvalue weighted by molar-refractivity contribution is 0.452. The van der Waals surface area contributed by atoms with E-state index >= 15 is 0 Å². The van der Waals surface area contributed by atoms with E-state index in [1.165, 1.54) is 0 Å². The number of halogens is 1. The van der Waals surface area contributed by atoms with Gasteiger partial charge in [-0.2, -0.15) is 5.10 Å². The van der Waals surface area contributed by atoms with Crippen molar-refractivity contribution in [2.45, 2.75) is 20.4 Å². The second-order valence-corrected chi connectivity index (χ2v) is 5.38. The van der Waals surface area contributed by atoms with Crippen molar-refractivity contribution < 1.29 is 4.74 Å². The van der Waals surface area contributed by atoms with Crippen LogP contribution in [0.15, 0.2) is 36.4 Å². The Morgan fingerprint density at radius 2 is 1.85 bits per heavy atom. The molecular weight excluding hydrogens is 274 g/mol. The van der Waals surface area contributed by atoms with Crippen molar-refractivity contribution in [1.29, 1.82) is 0 Å². The summed E-state index contributed by atoms with van der Waals surface area (Å²) in [6.45, 7) is 6.01. The molecule has 0 radical (unpaired) electrons. The van der Waals surface area contributed by atoms with Crippen LogP contribution in [0.2, 0.25) is 5.02 Å². The van der Waals surface area contributed by atoms with Gasteiger partial charge in [0.15, 0.2) is 0 Å². The van der Waals surface area contributed by atoms with E-state index in [1.807, 2.05) is 12.1 Å². The minimum atomic E-state index is 0.472. The molecule has 0 fully saturated rings. The molecule has 20 heavy (non-hydrogen) atoms. The number of nitrogens with zero attached hydrogens (tertiary/aromatic N) is 2. The van der Waals surface area contributed by atoms with Gasteiger partial charge in [0.1, 0.15) is 5.75 Å². The van der Waals surface area contributed by atoms with Crippen molar-refractivity contribution >= 4 is 11.6 Å². The molecule has 0 aliphatic carbocycles. The van der Waals surface area contributed by atoms with Crippen LogP contribution in [0, 0.1) is 5.92 Å². The number of hydrogen-bond acceptors (Lipinski definition) is 4. The zero-order valence-corrected chi connectivity index (χ0v) is 12.4. The van der Waals surface area contributed by atoms with Crippen LogP contribution in [-0.4, -0.2) is 16.7 Å². The summed E-state index contributed by atoms with van der Waals surface area (Å²) >= 11 is 5.82. The van der Waals surface area contributed by atoms with Crippen LogP contribution in [0.5, 0.6) is 11.6 Å². The van der Waals surface area contributed by atoms with Gasteiger partial charge in [0, 0.05) is 17.6 Å². The van der Waals surface area contributed by atoms with Crippen molar-refractivity contribution in [1.82, 2.24) is 15.5 Å². The van der Waals surface area contributed by atoms with Crippen molar-refractivity contribution in [3.63, 3.8) is 0 Å². The molecule has 0 atom stereocenters. The van der Waals surface area contributed by atoms with Crippen molar-refractivity contribution in [2.24, 2.45) is 5.92 Å². The van der Waals surface area contributed by atoms with Gasteiger partial charge >= 0.3 is 0 Å². The van der Waals surface area contributed by atoms with Crippen LogP contribution in [0.25, 0.3) is 0 Å². The van der Waals surface area contributed by atoms with Gasteiger partial charge in [-0.25, -0.2) is 0 Å². The van der Waals surface area contributed by atoms with Crippen molar-refractivity contribution in [3.8, 4) is 11.6 Å². The van der Waals surface area contributed by atoms with Crippen LogP contribution in [0.4, 0.5) is 0 Å². The Hall–Kier alpha value is -1.65. The van der Waals surface area contributed by atoms with Crippen LogP contribution >= 0.6 is 11.6 Å². The Balaban J connectivity index is 1.89. The minimum absolute atomic E-state index is 0.472. The Labute approximate surface area is 124 Å². The molecule has 1 aromatic carbocycles. The second kappa shape index (κ2) is 7.22. The SMILES string of the molecule is CC(C)CNCc1ccc(Oc2ccc(Cl)cc2)nn1. The van der Waals surface area contributed by atoms with E-state index in [1.54, 1.807) is 24.3 Å². The van der Waals surface area contributed by atoms with Gasteiger partial charge in [0.2, 0.25) is 5.88 Å². The fourth-order valence-corrected chi connectivity index (χ4v) is 1.73. The highest BCUT2D eigenvalue weighted by atomic mass is 35.5. The molecule has 0 aliphatic rings. The predicted molar refractivity (Wildman–Crippen MR) is 80.1 cm³/mol. The lowest BCUT2D eigenvalue weighted by Crippen LogP contribution is -2.19. The maximum atomic E-state index is 5.82. The Kier molecular flexibility index (Phi) is 5.32. The van der Waals surface area contributed by atoms with E-state index in [2.05, 4.69) is 29.4 Å². The number of nitrogens with one attached hydrogen (secondary N) is 1. The average Bonchev–Trinajstić information content (AvgIpc) is 2.43. The molecule has 4 nitrogen and oxygen atoms in total. The molecule has 106 valence electrons. The number of hydrogen-bond donors (Lipinski definition) is 1. The molecular formula is C15H18ClN3O. The molecule has 0 amide bonds. The molecule has 1 aromatic heterocycles. The first-order valence-electron chi connectivity index (χ1n) is 6.60. The highest BCUT2D eigenvalue weighted by Gasteiger charge is 2.01. The summed E-state index contributed by atoms with van der Waals surface area (Å²) in [5.74, 6) is 1.78. The third-order valence-electron chi connectivity index (χ3n) is 2.59. The number of benzene rings is 1. The smallest absolute Gasteiger partial charge is 0.238 e. The molecule has 0 saturated heterocycles. The third-order valence-corrected chi connectivity index (χ3v) is 2.84. The summed E-state index contributed by atoms with van der Waals surface area (Å²) in [6.07, 6.45) is 0. The first-order chi connectivity index (χ1) is 9.63. The zero-order chi connectivity index (χ0) is 14.4. The predicted octanol–water partition coefficient (Wildman–Crippen LogP) is 3.67. The van der Waals surface area contributed by atoms with Gasteiger partial charge in [0.05, 0.1) is 5.69 Å². The van der Waals surface area contributed by atoms with E-state index < -0.39 is 0 Å². The summed E-state index contributed by atoms with van der Waals surface area (Å²) in [5.41, 5.74) is 0.897. The number of ether oxygens (including phenoxy) is 1. The first-order valence-corrected chi connectivity index (χ1v) is 6.98. The van der Waals surface area contributed by atoms with E-state index in [0.29, 0.717) is 29.1 Å². The standard InChI is InChI=1S/C15H18ClN3O/c1-11(2)9-17-10-13-5-8-15(19-18-13)20-14-6-3-12(16)4-7-14/h3-8,11,17H,9-10H2,1-2H3. The van der Waals surface area contributed by atoms with Gasteiger partial charge in [-0.05, 0) is 42.8 Å². The number of rotatable bonds is 6. The fraction of sp³-hybridized carbons (Fsp3) is 0.333. The van der Waals surface area contributed by atoms with E-state index in [4.69, 9.17) is 16.3 Å². The van der Waals surface area contributed by atoms with Gasteiger partial charge in [-0.15, -0.1) is 5.10 Å². The molecule has 0 saturated carbocycles. The summed E-state index contributed by atoms with van der Waals surface area (Å²) in [6, 6.07) is 10.9. The highest BCUT2D eigenvalue weighted by molar-refractivity contribution is 6.30. The lowest BCUT2D eigenvalue weighted by Gasteiger charge is -2.07. The Morgan fingerprint density at radius 1 is 1.10 bits per heavy atom. The monoisotopic (exact) mass is 291 g/mol. The lowest BCUT2D eigenvalue weighted by atomic mass is 10.2. The Bertz CT molecular complexity index is 526.